The molecule has 1 atom stereocenters. The van der Waals surface area contributed by atoms with Crippen LogP contribution in [0.25, 0.3) is 0 Å². The first kappa shape index (κ1) is 23.6. The molecule has 8 nitrogen and oxygen atoms in total. The molecule has 0 saturated carbocycles. The van der Waals surface area contributed by atoms with Gasteiger partial charge in [-0.05, 0) is 56.2 Å². The average molecular weight is 473 g/mol. The predicted octanol–water partition coefficient (Wildman–Crippen LogP) is 3.10. The number of rotatable bonds is 5. The van der Waals surface area contributed by atoms with Crippen LogP contribution < -0.4 is 5.32 Å². The Labute approximate surface area is 197 Å². The molecule has 3 aliphatic heterocycles. The second kappa shape index (κ2) is 11.1. The lowest BCUT2D eigenvalue weighted by molar-refractivity contribution is 0.0696. The summed E-state index contributed by atoms with van der Waals surface area (Å²) < 4.78 is 17.5. The maximum atomic E-state index is 12.1. The molecule has 4 rings (SSSR count). The Morgan fingerprint density at radius 2 is 2.00 bits per heavy atom. The van der Waals surface area contributed by atoms with Gasteiger partial charge >= 0.3 is 5.97 Å². The van der Waals surface area contributed by atoms with Crippen molar-refractivity contribution in [2.75, 3.05) is 32.1 Å². The summed E-state index contributed by atoms with van der Waals surface area (Å²) in [6.07, 6.45) is 6.06. The molecule has 3 aliphatic rings. The fourth-order valence-electron chi connectivity index (χ4n) is 4.51. The van der Waals surface area contributed by atoms with Gasteiger partial charge in [0, 0.05) is 49.1 Å². The van der Waals surface area contributed by atoms with E-state index >= 15 is 0 Å². The fraction of sp³-hybridized carbons (Fsp3) is 0.542. The summed E-state index contributed by atoms with van der Waals surface area (Å²) in [6.45, 7) is 5.00. The van der Waals surface area contributed by atoms with Crippen LogP contribution in [0.2, 0.25) is 0 Å². The monoisotopic (exact) mass is 472 g/mol. The number of likely N-dealkylation sites (tertiary alicyclic amines) is 1. The zero-order valence-electron chi connectivity index (χ0n) is 19.0. The van der Waals surface area contributed by atoms with Crippen LogP contribution in [0.4, 0.5) is 0 Å². The van der Waals surface area contributed by atoms with Crippen LogP contribution in [0.1, 0.15) is 60.9 Å². The third-order valence-corrected chi connectivity index (χ3v) is 8.12. The number of nitrogens with zero attached hydrogens (tertiary/aromatic N) is 3. The minimum atomic E-state index is -0.917. The number of aliphatic imine (C=N–C) groups is 2. The summed E-state index contributed by atoms with van der Waals surface area (Å²) in [7, 11) is -0.917. The molecular formula is C24H32N4O4S. The second-order valence-corrected chi connectivity index (χ2v) is 10.4. The molecule has 1 aromatic carbocycles. The third-order valence-electron chi connectivity index (χ3n) is 6.61. The first-order valence-corrected chi connectivity index (χ1v) is 12.9. The van der Waals surface area contributed by atoms with Crippen molar-refractivity contribution >= 4 is 29.1 Å². The molecule has 0 aromatic heterocycles. The molecule has 3 heterocycles. The van der Waals surface area contributed by atoms with Crippen molar-refractivity contribution in [1.29, 1.82) is 0 Å². The van der Waals surface area contributed by atoms with E-state index in [1.54, 1.807) is 18.5 Å². The number of carboxylic acid groups (broad SMARTS) is 1. The predicted molar refractivity (Wildman–Crippen MR) is 130 cm³/mol. The Bertz CT molecular complexity index is 976. The van der Waals surface area contributed by atoms with Crippen molar-refractivity contribution in [3.05, 3.63) is 46.0 Å². The molecule has 178 valence electrons. The van der Waals surface area contributed by atoms with Gasteiger partial charge in [-0.15, -0.1) is 0 Å². The van der Waals surface area contributed by atoms with Gasteiger partial charge in [0.2, 0.25) is 5.96 Å². The van der Waals surface area contributed by atoms with Gasteiger partial charge in [0.05, 0.1) is 22.4 Å². The number of allylic oxidation sites excluding steroid dienone is 2. The van der Waals surface area contributed by atoms with Crippen LogP contribution in [0, 0.1) is 0 Å². The Kier molecular flexibility index (Phi) is 7.93. The highest BCUT2D eigenvalue weighted by atomic mass is 32.2. The van der Waals surface area contributed by atoms with Gasteiger partial charge in [0.1, 0.15) is 6.34 Å². The molecule has 2 fully saturated rings. The van der Waals surface area contributed by atoms with Gasteiger partial charge in [-0.25, -0.2) is 9.79 Å². The summed E-state index contributed by atoms with van der Waals surface area (Å²) in [5, 5.41) is 12.7. The highest BCUT2D eigenvalue weighted by molar-refractivity contribution is 7.89. The van der Waals surface area contributed by atoms with E-state index in [0.29, 0.717) is 17.2 Å². The number of piperidine rings is 1. The Morgan fingerprint density at radius 1 is 1.24 bits per heavy atom. The van der Waals surface area contributed by atoms with Gasteiger partial charge in [0.25, 0.3) is 0 Å². The van der Waals surface area contributed by atoms with E-state index in [-0.39, 0.29) is 6.04 Å². The lowest BCUT2D eigenvalue weighted by Crippen LogP contribution is -2.45. The lowest BCUT2D eigenvalue weighted by Gasteiger charge is -2.34. The van der Waals surface area contributed by atoms with Gasteiger partial charge in [-0.3, -0.25) is 9.20 Å². The third kappa shape index (κ3) is 6.09. The number of ether oxygens (including phenoxy) is 1. The van der Waals surface area contributed by atoms with Crippen molar-refractivity contribution in [3.63, 3.8) is 0 Å². The number of guanidine groups is 1. The van der Waals surface area contributed by atoms with Crippen molar-refractivity contribution in [3.8, 4) is 0 Å². The molecule has 1 aromatic rings. The zero-order chi connectivity index (χ0) is 23.2. The largest absolute Gasteiger partial charge is 0.478 e. The Hall–Kier alpha value is -2.52. The van der Waals surface area contributed by atoms with Crippen molar-refractivity contribution in [1.82, 2.24) is 10.2 Å². The molecule has 0 aliphatic carbocycles. The van der Waals surface area contributed by atoms with E-state index in [1.165, 1.54) is 0 Å². The van der Waals surface area contributed by atoms with E-state index in [9.17, 15) is 14.1 Å². The van der Waals surface area contributed by atoms with Crippen LogP contribution in [-0.4, -0.2) is 70.6 Å². The smallest absolute Gasteiger partial charge is 0.335 e. The van der Waals surface area contributed by atoms with Gasteiger partial charge < -0.3 is 20.1 Å². The van der Waals surface area contributed by atoms with Crippen LogP contribution in [0.3, 0.4) is 0 Å². The molecular weight excluding hydrogens is 440 g/mol. The van der Waals surface area contributed by atoms with E-state index in [1.807, 2.05) is 19.1 Å². The Morgan fingerprint density at radius 3 is 2.67 bits per heavy atom. The molecule has 0 bridgehead atoms. The molecule has 0 amide bonds. The first-order valence-electron chi connectivity index (χ1n) is 11.6. The normalized spacial score (nSPS) is 23.5. The first-order chi connectivity index (χ1) is 16.0. The number of carboxylic acids is 1. The summed E-state index contributed by atoms with van der Waals surface area (Å²) in [6, 6.07) is 7.51. The summed E-state index contributed by atoms with van der Waals surface area (Å²) in [5.74, 6) is 0.823. The van der Waals surface area contributed by atoms with E-state index in [4.69, 9.17) is 4.74 Å². The number of benzene rings is 1. The number of carbonyl (C=O) groups is 1. The van der Waals surface area contributed by atoms with Crippen LogP contribution >= 0.6 is 0 Å². The number of hydrogen-bond donors (Lipinski definition) is 2. The quantitative estimate of drug-likeness (QED) is 0.504. The molecule has 0 spiro atoms. The molecule has 9 heteroatoms. The fourth-order valence-corrected chi connectivity index (χ4v) is 5.63. The minimum Gasteiger partial charge on any atom is -0.478 e. The van der Waals surface area contributed by atoms with E-state index < -0.39 is 16.8 Å². The SMILES string of the molecule is CC1=C(NC(=NC=NC2CCOCC2)N2CCC(c3cccc(C(=O)O)c3)CC2)CCS1=O. The van der Waals surface area contributed by atoms with Gasteiger partial charge in [-0.1, -0.05) is 12.1 Å². The molecule has 2 saturated heterocycles. The van der Waals surface area contributed by atoms with E-state index in [2.05, 4.69) is 20.2 Å². The maximum Gasteiger partial charge on any atom is 0.335 e. The molecule has 2 N–H and O–H groups in total. The second-order valence-electron chi connectivity index (χ2n) is 8.71. The molecule has 33 heavy (non-hydrogen) atoms. The number of hydrogen-bond acceptors (Lipinski definition) is 4. The van der Waals surface area contributed by atoms with Crippen molar-refractivity contribution in [2.45, 2.75) is 51.0 Å². The molecule has 1 unspecified atom stereocenters. The summed E-state index contributed by atoms with van der Waals surface area (Å²) in [5.41, 5.74) is 2.40. The van der Waals surface area contributed by atoms with Crippen molar-refractivity contribution in [2.24, 2.45) is 9.98 Å². The van der Waals surface area contributed by atoms with E-state index in [0.717, 1.165) is 80.5 Å². The standard InChI is InChI=1S/C24H32N4O4S/c1-17-22(9-14-33(17)31)27-24(26-16-25-21-7-12-32-13-8-21)28-10-5-18(6-11-28)19-3-2-4-20(15-19)23(29)30/h2-4,15-16,18,21H,5-14H2,1H3,(H,29,30)(H,25,26,27). The topological polar surface area (TPSA) is 104 Å². The highest BCUT2D eigenvalue weighted by Crippen LogP contribution is 2.29. The average Bonchev–Trinajstić information content (AvgIpc) is 3.16. The number of nitrogens with one attached hydrogen (secondary N) is 1. The number of aromatic carboxylic acids is 1. The lowest BCUT2D eigenvalue weighted by atomic mass is 9.88. The zero-order valence-corrected chi connectivity index (χ0v) is 19.9. The maximum absolute atomic E-state index is 12.1. The van der Waals surface area contributed by atoms with Crippen LogP contribution in [-0.2, 0) is 15.5 Å². The summed E-state index contributed by atoms with van der Waals surface area (Å²) >= 11 is 0. The highest BCUT2D eigenvalue weighted by Gasteiger charge is 2.26. The van der Waals surface area contributed by atoms with Crippen LogP contribution in [0.5, 0.6) is 0 Å². The summed E-state index contributed by atoms with van der Waals surface area (Å²) in [4.78, 5) is 23.8. The molecule has 0 radical (unpaired) electrons. The van der Waals surface area contributed by atoms with Crippen LogP contribution in [0.15, 0.2) is 44.9 Å². The minimum absolute atomic E-state index is 0.246. The van der Waals surface area contributed by atoms with Gasteiger partial charge in [0.15, 0.2) is 0 Å². The van der Waals surface area contributed by atoms with Crippen molar-refractivity contribution < 1.29 is 18.8 Å². The Balaban J connectivity index is 1.46. The van der Waals surface area contributed by atoms with Gasteiger partial charge in [-0.2, -0.15) is 0 Å².